The monoisotopic (exact) mass is 285 g/mol. The summed E-state index contributed by atoms with van der Waals surface area (Å²) in [6, 6.07) is 7.48. The minimum Gasteiger partial charge on any atom is -0.413 e. The fourth-order valence-corrected chi connectivity index (χ4v) is 2.84. The smallest absolute Gasteiger partial charge is 0.192 e. The topological polar surface area (TPSA) is 52.3 Å². The van der Waals surface area contributed by atoms with Gasteiger partial charge in [-0.1, -0.05) is 39.0 Å². The van der Waals surface area contributed by atoms with Gasteiger partial charge in [0.1, 0.15) is 11.0 Å². The lowest BCUT2D eigenvalue weighted by Crippen LogP contribution is -2.40. The number of nitrogens with two attached hydrogens (primary N) is 1. The van der Waals surface area contributed by atoms with Crippen molar-refractivity contribution >= 4 is 19.3 Å². The molecule has 5 heteroatoms. The third kappa shape index (κ3) is 3.75. The summed E-state index contributed by atoms with van der Waals surface area (Å²) in [7, 11) is -3.24. The van der Waals surface area contributed by atoms with E-state index in [4.69, 9.17) is 9.56 Å². The Morgan fingerprint density at radius 1 is 1.28 bits per heavy atom. The predicted octanol–water partition coefficient (Wildman–Crippen LogP) is 3.19. The molecule has 0 fully saturated rings. The first-order valence-electron chi connectivity index (χ1n) is 6.03. The van der Waals surface area contributed by atoms with Gasteiger partial charge in [-0.2, -0.15) is 0 Å². The van der Waals surface area contributed by atoms with Crippen LogP contribution in [0.1, 0.15) is 26.3 Å². The van der Waals surface area contributed by atoms with Gasteiger partial charge in [-0.05, 0) is 29.8 Å². The highest BCUT2D eigenvalue weighted by Gasteiger charge is 2.37. The molecule has 0 aliphatic heterocycles. The van der Waals surface area contributed by atoms with Crippen LogP contribution in [0.25, 0.3) is 0 Å². The van der Waals surface area contributed by atoms with Gasteiger partial charge in [-0.15, -0.1) is 0 Å². The molecule has 3 nitrogen and oxygen atoms in total. The molecule has 0 aliphatic carbocycles. The summed E-state index contributed by atoms with van der Waals surface area (Å²) in [5.74, 6) is 0. The maximum atomic E-state index is 11.4. The molecule has 1 unspecified atom stereocenters. The van der Waals surface area contributed by atoms with Crippen molar-refractivity contribution in [1.29, 1.82) is 0 Å². The highest BCUT2D eigenvalue weighted by Crippen LogP contribution is 2.37. The second-order valence-corrected chi connectivity index (χ2v) is 11.8. The maximum Gasteiger partial charge on any atom is 0.192 e. The molecule has 0 saturated heterocycles. The fraction of sp³-hybridized carbons (Fsp3) is 0.538. The van der Waals surface area contributed by atoms with E-state index in [0.29, 0.717) is 11.5 Å². The molecule has 1 atom stereocenters. The van der Waals surface area contributed by atoms with Crippen molar-refractivity contribution in [2.75, 3.05) is 0 Å². The van der Waals surface area contributed by atoms with Crippen LogP contribution in [-0.2, 0) is 22.0 Å². The average molecular weight is 285 g/mol. The van der Waals surface area contributed by atoms with Crippen molar-refractivity contribution < 1.29 is 8.63 Å². The molecule has 1 aromatic rings. The minimum absolute atomic E-state index is 0.170. The van der Waals surface area contributed by atoms with E-state index in [1.165, 1.54) is 0 Å². The fourth-order valence-electron chi connectivity index (χ4n) is 1.29. The molecule has 1 aromatic carbocycles. The Bertz CT molecular complexity index is 441. The molecule has 0 aliphatic rings. The van der Waals surface area contributed by atoms with Crippen LogP contribution in [0.2, 0.25) is 18.1 Å². The van der Waals surface area contributed by atoms with Gasteiger partial charge >= 0.3 is 0 Å². The SMILES string of the molecule is CC(C)(C)[Si](C)(C)OCc1ccccc1S(N)=O. The van der Waals surface area contributed by atoms with Crippen LogP contribution in [0, 0.1) is 0 Å². The summed E-state index contributed by atoms with van der Waals surface area (Å²) in [4.78, 5) is 0.663. The van der Waals surface area contributed by atoms with E-state index in [-0.39, 0.29) is 5.04 Å². The van der Waals surface area contributed by atoms with Gasteiger partial charge in [0.15, 0.2) is 8.32 Å². The summed E-state index contributed by atoms with van der Waals surface area (Å²) in [6.45, 7) is 11.5. The summed E-state index contributed by atoms with van der Waals surface area (Å²) in [6.07, 6.45) is 0. The Balaban J connectivity index is 2.85. The zero-order chi connectivity index (χ0) is 14.0. The Hall–Kier alpha value is -0.493. The predicted molar refractivity (Wildman–Crippen MR) is 79.0 cm³/mol. The molecule has 0 spiro atoms. The molecule has 18 heavy (non-hydrogen) atoms. The number of rotatable bonds is 4. The molecule has 0 heterocycles. The van der Waals surface area contributed by atoms with Crippen molar-refractivity contribution in [3.05, 3.63) is 29.8 Å². The van der Waals surface area contributed by atoms with E-state index in [0.717, 1.165) is 5.56 Å². The summed E-state index contributed by atoms with van der Waals surface area (Å²) in [5.41, 5.74) is 0.920. The Kier molecular flexibility index (Phi) is 4.88. The highest BCUT2D eigenvalue weighted by atomic mass is 32.2. The van der Waals surface area contributed by atoms with Crippen LogP contribution >= 0.6 is 0 Å². The molecular weight excluding hydrogens is 262 g/mol. The lowest BCUT2D eigenvalue weighted by molar-refractivity contribution is 0.273. The van der Waals surface area contributed by atoms with E-state index < -0.39 is 19.3 Å². The van der Waals surface area contributed by atoms with Crippen LogP contribution in [0.15, 0.2) is 29.2 Å². The standard InChI is InChI=1S/C13H23NO2SSi/c1-13(2,3)18(4,5)16-10-11-8-6-7-9-12(11)17(14)15/h6-9H,10,14H2,1-5H3. The second kappa shape index (κ2) is 5.65. The molecular formula is C13H23NO2SSi. The van der Waals surface area contributed by atoms with E-state index in [9.17, 15) is 4.21 Å². The van der Waals surface area contributed by atoms with Crippen molar-refractivity contribution in [1.82, 2.24) is 0 Å². The molecule has 102 valence electrons. The van der Waals surface area contributed by atoms with Crippen LogP contribution in [0.3, 0.4) is 0 Å². The molecule has 2 N–H and O–H groups in total. The minimum atomic E-state index is -1.79. The third-order valence-electron chi connectivity index (χ3n) is 3.58. The molecule has 0 amide bonds. The first kappa shape index (κ1) is 15.6. The van der Waals surface area contributed by atoms with E-state index in [1.807, 2.05) is 18.2 Å². The van der Waals surface area contributed by atoms with Crippen LogP contribution in [-0.4, -0.2) is 12.5 Å². The van der Waals surface area contributed by atoms with Crippen LogP contribution < -0.4 is 5.14 Å². The molecule has 0 aromatic heterocycles. The van der Waals surface area contributed by atoms with E-state index in [2.05, 4.69) is 33.9 Å². The second-order valence-electron chi connectivity index (χ2n) is 5.95. The van der Waals surface area contributed by atoms with Gasteiger partial charge in [-0.25, -0.2) is 9.35 Å². The normalized spacial score (nSPS) is 14.6. The average Bonchev–Trinajstić information content (AvgIpc) is 2.25. The highest BCUT2D eigenvalue weighted by molar-refractivity contribution is 7.82. The van der Waals surface area contributed by atoms with Gasteiger partial charge in [0.05, 0.1) is 11.5 Å². The first-order chi connectivity index (χ1) is 8.15. The Morgan fingerprint density at radius 3 is 2.33 bits per heavy atom. The van der Waals surface area contributed by atoms with Crippen LogP contribution in [0.5, 0.6) is 0 Å². The van der Waals surface area contributed by atoms with E-state index >= 15 is 0 Å². The van der Waals surface area contributed by atoms with Gasteiger partial charge in [0.25, 0.3) is 0 Å². The van der Waals surface area contributed by atoms with Gasteiger partial charge in [0.2, 0.25) is 0 Å². The number of benzene rings is 1. The molecule has 0 saturated carbocycles. The Morgan fingerprint density at radius 2 is 1.83 bits per heavy atom. The first-order valence-corrected chi connectivity index (χ1v) is 10.2. The van der Waals surface area contributed by atoms with Gasteiger partial charge < -0.3 is 4.43 Å². The molecule has 1 rings (SSSR count). The van der Waals surface area contributed by atoms with Crippen molar-refractivity contribution in [3.63, 3.8) is 0 Å². The number of hydrogen-bond donors (Lipinski definition) is 1. The van der Waals surface area contributed by atoms with Crippen LogP contribution in [0.4, 0.5) is 0 Å². The largest absolute Gasteiger partial charge is 0.413 e. The summed E-state index contributed by atoms with van der Waals surface area (Å²) >= 11 is 0. The van der Waals surface area contributed by atoms with Gasteiger partial charge in [-0.3, -0.25) is 0 Å². The quantitative estimate of drug-likeness (QED) is 0.864. The third-order valence-corrected chi connectivity index (χ3v) is 8.89. The Labute approximate surface area is 113 Å². The summed E-state index contributed by atoms with van der Waals surface area (Å²) < 4.78 is 17.6. The lowest BCUT2D eigenvalue weighted by atomic mass is 10.2. The van der Waals surface area contributed by atoms with Crippen molar-refractivity contribution in [2.45, 2.75) is 50.4 Å². The van der Waals surface area contributed by atoms with Gasteiger partial charge in [0, 0.05) is 0 Å². The van der Waals surface area contributed by atoms with Crippen molar-refractivity contribution in [2.24, 2.45) is 5.14 Å². The molecule has 0 radical (unpaired) electrons. The maximum absolute atomic E-state index is 11.4. The lowest BCUT2D eigenvalue weighted by Gasteiger charge is -2.36. The van der Waals surface area contributed by atoms with E-state index in [1.54, 1.807) is 6.07 Å². The van der Waals surface area contributed by atoms with Crippen molar-refractivity contribution in [3.8, 4) is 0 Å². The molecule has 0 bridgehead atoms. The summed E-state index contributed by atoms with van der Waals surface area (Å²) in [5, 5.41) is 5.64. The zero-order valence-electron chi connectivity index (χ0n) is 11.8. The zero-order valence-corrected chi connectivity index (χ0v) is 13.6. The number of hydrogen-bond acceptors (Lipinski definition) is 2.